The van der Waals surface area contributed by atoms with Crippen LogP contribution in [0.5, 0.6) is 0 Å². The standard InChI is InChI=1S/C25H25Cl2F3N2O2/c1-14-7-17(25(28,29)30)9-22-19(14)10-18(31(22)2)11-20-21(26)4-3-16(24(20)27)13-32-6-5-15(12-32)8-23(33)34/h3-4,7,9-10,15H,5-6,8,11-13H2,1-2H3,(H,33,34). The summed E-state index contributed by atoms with van der Waals surface area (Å²) in [5, 5.41) is 10.8. The minimum absolute atomic E-state index is 0.128. The summed E-state index contributed by atoms with van der Waals surface area (Å²) in [7, 11) is 1.75. The van der Waals surface area contributed by atoms with Gasteiger partial charge >= 0.3 is 12.1 Å². The van der Waals surface area contributed by atoms with Gasteiger partial charge in [-0.1, -0.05) is 29.3 Å². The second-order valence-electron chi connectivity index (χ2n) is 9.08. The molecule has 182 valence electrons. The number of aromatic nitrogens is 1. The van der Waals surface area contributed by atoms with Gasteiger partial charge in [-0.3, -0.25) is 9.69 Å². The molecule has 0 radical (unpaired) electrons. The molecule has 1 aliphatic rings. The summed E-state index contributed by atoms with van der Waals surface area (Å²) >= 11 is 13.3. The van der Waals surface area contributed by atoms with E-state index in [9.17, 15) is 18.0 Å². The highest BCUT2D eigenvalue weighted by Gasteiger charge is 2.31. The number of rotatable bonds is 6. The summed E-state index contributed by atoms with van der Waals surface area (Å²) in [6, 6.07) is 7.90. The van der Waals surface area contributed by atoms with Crippen molar-refractivity contribution in [3.8, 4) is 0 Å². The summed E-state index contributed by atoms with van der Waals surface area (Å²) in [5.41, 5.74) is 2.82. The van der Waals surface area contributed by atoms with Crippen LogP contribution in [0.1, 0.15) is 40.8 Å². The van der Waals surface area contributed by atoms with Crippen molar-refractivity contribution in [2.45, 2.75) is 38.9 Å². The molecule has 1 aliphatic heterocycles. The summed E-state index contributed by atoms with van der Waals surface area (Å²) in [6.45, 7) is 3.76. The number of alkyl halides is 3. The molecular formula is C25H25Cl2F3N2O2. The van der Waals surface area contributed by atoms with E-state index in [4.69, 9.17) is 28.3 Å². The maximum absolute atomic E-state index is 13.3. The van der Waals surface area contributed by atoms with Crippen LogP contribution in [0.2, 0.25) is 10.0 Å². The van der Waals surface area contributed by atoms with Gasteiger partial charge < -0.3 is 9.67 Å². The average Bonchev–Trinajstić information content (AvgIpc) is 3.31. The Morgan fingerprint density at radius 3 is 2.62 bits per heavy atom. The summed E-state index contributed by atoms with van der Waals surface area (Å²) in [6.07, 6.45) is -3.05. The molecule has 0 aliphatic carbocycles. The van der Waals surface area contributed by atoms with Gasteiger partial charge in [0.1, 0.15) is 0 Å². The number of likely N-dealkylation sites (tertiary alicyclic amines) is 1. The Morgan fingerprint density at radius 1 is 1.21 bits per heavy atom. The molecule has 9 heteroatoms. The first kappa shape index (κ1) is 24.9. The molecule has 3 aromatic rings. The van der Waals surface area contributed by atoms with Crippen LogP contribution in [0.4, 0.5) is 13.2 Å². The first-order valence-corrected chi connectivity index (χ1v) is 11.8. The fourth-order valence-corrected chi connectivity index (χ4v) is 5.38. The molecule has 1 fully saturated rings. The highest BCUT2D eigenvalue weighted by molar-refractivity contribution is 6.36. The van der Waals surface area contributed by atoms with E-state index in [0.29, 0.717) is 40.6 Å². The number of fused-ring (bicyclic) bond motifs is 1. The van der Waals surface area contributed by atoms with E-state index in [0.717, 1.165) is 35.2 Å². The number of aliphatic carboxylic acids is 1. The number of carboxylic acids is 1. The lowest BCUT2D eigenvalue weighted by molar-refractivity contribution is -0.138. The Bertz CT molecular complexity index is 1250. The molecule has 1 unspecified atom stereocenters. The van der Waals surface area contributed by atoms with E-state index in [1.54, 1.807) is 24.6 Å². The van der Waals surface area contributed by atoms with Crippen LogP contribution < -0.4 is 0 Å². The topological polar surface area (TPSA) is 45.5 Å². The van der Waals surface area contributed by atoms with Crippen molar-refractivity contribution in [3.05, 3.63) is 68.3 Å². The van der Waals surface area contributed by atoms with Gasteiger partial charge in [-0.25, -0.2) is 0 Å². The lowest BCUT2D eigenvalue weighted by Crippen LogP contribution is -2.21. The van der Waals surface area contributed by atoms with Gasteiger partial charge in [0, 0.05) is 54.6 Å². The van der Waals surface area contributed by atoms with E-state index in [1.165, 1.54) is 12.1 Å². The van der Waals surface area contributed by atoms with E-state index < -0.39 is 17.7 Å². The zero-order chi connectivity index (χ0) is 24.8. The lowest BCUT2D eigenvalue weighted by atomic mass is 10.0. The minimum atomic E-state index is -4.41. The van der Waals surface area contributed by atoms with Crippen LogP contribution in [0.3, 0.4) is 0 Å². The summed E-state index contributed by atoms with van der Waals surface area (Å²) in [5.74, 6) is -0.658. The maximum Gasteiger partial charge on any atom is 0.416 e. The number of benzene rings is 2. The molecule has 0 bridgehead atoms. The second kappa shape index (κ2) is 9.44. The zero-order valence-corrected chi connectivity index (χ0v) is 20.4. The molecule has 1 atom stereocenters. The van der Waals surface area contributed by atoms with Gasteiger partial charge in [0.2, 0.25) is 0 Å². The fraction of sp³-hybridized carbons (Fsp3) is 0.400. The highest BCUT2D eigenvalue weighted by atomic mass is 35.5. The van der Waals surface area contributed by atoms with Crippen LogP contribution in [-0.4, -0.2) is 33.6 Å². The predicted molar refractivity (Wildman–Crippen MR) is 128 cm³/mol. The van der Waals surface area contributed by atoms with Crippen LogP contribution in [0.25, 0.3) is 10.9 Å². The van der Waals surface area contributed by atoms with Crippen molar-refractivity contribution >= 4 is 40.1 Å². The number of carbonyl (C=O) groups is 1. The van der Waals surface area contributed by atoms with Crippen LogP contribution in [0.15, 0.2) is 30.3 Å². The van der Waals surface area contributed by atoms with Crippen LogP contribution in [0, 0.1) is 12.8 Å². The SMILES string of the molecule is Cc1cc(C(F)(F)F)cc2c1cc(Cc1c(Cl)ccc(CN3CCC(CC(=O)O)C3)c1Cl)n2C. The molecule has 34 heavy (non-hydrogen) atoms. The number of hydrogen-bond acceptors (Lipinski definition) is 2. The molecular weight excluding hydrogens is 488 g/mol. The van der Waals surface area contributed by atoms with Gasteiger partial charge in [0.15, 0.2) is 0 Å². The zero-order valence-electron chi connectivity index (χ0n) is 18.8. The third-order valence-corrected chi connectivity index (χ3v) is 7.47. The van der Waals surface area contributed by atoms with Gasteiger partial charge in [0.25, 0.3) is 0 Å². The predicted octanol–water partition coefficient (Wildman–Crippen LogP) is 6.70. The number of hydrogen-bond donors (Lipinski definition) is 1. The van der Waals surface area contributed by atoms with E-state index >= 15 is 0 Å². The molecule has 0 saturated carbocycles. The number of carboxylic acid groups (broad SMARTS) is 1. The van der Waals surface area contributed by atoms with Crippen molar-refractivity contribution in [2.24, 2.45) is 13.0 Å². The summed E-state index contributed by atoms with van der Waals surface area (Å²) < 4.78 is 41.7. The Hall–Kier alpha value is -2.22. The normalized spacial score (nSPS) is 17.1. The van der Waals surface area contributed by atoms with Gasteiger partial charge in [0.05, 0.1) is 10.6 Å². The third-order valence-electron chi connectivity index (χ3n) is 6.65. The quantitative estimate of drug-likeness (QED) is 0.399. The van der Waals surface area contributed by atoms with Crippen molar-refractivity contribution < 1.29 is 23.1 Å². The Balaban J connectivity index is 1.61. The monoisotopic (exact) mass is 512 g/mol. The molecule has 0 amide bonds. The van der Waals surface area contributed by atoms with Crippen molar-refractivity contribution in [1.82, 2.24) is 9.47 Å². The first-order valence-electron chi connectivity index (χ1n) is 11.0. The van der Waals surface area contributed by atoms with E-state index in [1.807, 2.05) is 12.1 Å². The molecule has 2 heterocycles. The molecule has 4 nitrogen and oxygen atoms in total. The van der Waals surface area contributed by atoms with Crippen LogP contribution in [-0.2, 0) is 31.0 Å². The number of aryl methyl sites for hydroxylation is 2. The highest BCUT2D eigenvalue weighted by Crippen LogP contribution is 2.36. The molecule has 1 aromatic heterocycles. The molecule has 2 aromatic carbocycles. The third kappa shape index (κ3) is 5.07. The van der Waals surface area contributed by atoms with Crippen molar-refractivity contribution in [2.75, 3.05) is 13.1 Å². The molecule has 4 rings (SSSR count). The van der Waals surface area contributed by atoms with Gasteiger partial charge in [-0.15, -0.1) is 0 Å². The van der Waals surface area contributed by atoms with Crippen LogP contribution >= 0.6 is 23.2 Å². The van der Waals surface area contributed by atoms with Gasteiger partial charge in [-0.2, -0.15) is 13.2 Å². The minimum Gasteiger partial charge on any atom is -0.481 e. The van der Waals surface area contributed by atoms with Crippen molar-refractivity contribution in [3.63, 3.8) is 0 Å². The Morgan fingerprint density at radius 2 is 1.94 bits per heavy atom. The van der Waals surface area contributed by atoms with E-state index in [-0.39, 0.29) is 12.3 Å². The van der Waals surface area contributed by atoms with Crippen molar-refractivity contribution in [1.29, 1.82) is 0 Å². The van der Waals surface area contributed by atoms with E-state index in [2.05, 4.69) is 4.90 Å². The summed E-state index contributed by atoms with van der Waals surface area (Å²) in [4.78, 5) is 13.2. The maximum atomic E-state index is 13.3. The lowest BCUT2D eigenvalue weighted by Gasteiger charge is -2.19. The fourth-order valence-electron chi connectivity index (χ4n) is 4.82. The second-order valence-corrected chi connectivity index (χ2v) is 9.87. The first-order chi connectivity index (χ1) is 15.9. The molecule has 0 spiro atoms. The molecule has 1 N–H and O–H groups in total. The smallest absolute Gasteiger partial charge is 0.416 e. The number of nitrogens with zero attached hydrogens (tertiary/aromatic N) is 2. The Labute approximate surface area is 205 Å². The average molecular weight is 513 g/mol. The van der Waals surface area contributed by atoms with Gasteiger partial charge in [-0.05, 0) is 66.8 Å². The Kier molecular flexibility index (Phi) is 6.91. The molecule has 1 saturated heterocycles. The largest absolute Gasteiger partial charge is 0.481 e. The number of halogens is 5.